The Balaban J connectivity index is 1.76. The third kappa shape index (κ3) is 2.37. The fourth-order valence-corrected chi connectivity index (χ4v) is 3.95. The summed E-state index contributed by atoms with van der Waals surface area (Å²) < 4.78 is 18.4. The molecule has 0 atom stereocenters. The summed E-state index contributed by atoms with van der Waals surface area (Å²) >= 11 is 0. The summed E-state index contributed by atoms with van der Waals surface area (Å²) in [5, 5.41) is 9.80. The summed E-state index contributed by atoms with van der Waals surface area (Å²) in [6.45, 7) is 0.948. The lowest BCUT2D eigenvalue weighted by molar-refractivity contribution is -0.673. The number of pyridine rings is 1. The number of nitrogens with zero attached hydrogens (tertiary/aromatic N) is 2. The summed E-state index contributed by atoms with van der Waals surface area (Å²) in [7, 11) is 1.63. The molecule has 2 aliphatic heterocycles. The average Bonchev–Trinajstić information content (AvgIpc) is 3.19. The normalized spacial score (nSPS) is 13.4. The lowest BCUT2D eigenvalue weighted by Gasteiger charge is -2.21. The molecule has 0 radical (unpaired) electrons. The first-order valence-electron chi connectivity index (χ1n) is 9.03. The van der Waals surface area contributed by atoms with Crippen LogP contribution < -0.4 is 24.5 Å². The van der Waals surface area contributed by atoms with E-state index < -0.39 is 0 Å². The van der Waals surface area contributed by atoms with Crippen LogP contribution in [0.25, 0.3) is 22.4 Å². The van der Waals surface area contributed by atoms with Crippen molar-refractivity contribution in [2.75, 3.05) is 19.6 Å². The molecule has 3 aromatic rings. The van der Waals surface area contributed by atoms with E-state index >= 15 is 0 Å². The molecule has 0 bridgehead atoms. The van der Waals surface area contributed by atoms with Gasteiger partial charge < -0.3 is 14.2 Å². The van der Waals surface area contributed by atoms with Gasteiger partial charge in [-0.1, -0.05) is 12.1 Å². The van der Waals surface area contributed by atoms with Gasteiger partial charge in [0.15, 0.2) is 11.5 Å². The molecule has 3 heterocycles. The molecule has 6 heteroatoms. The lowest BCUT2D eigenvalue weighted by Crippen LogP contribution is -2.43. The van der Waals surface area contributed by atoms with Gasteiger partial charge in [0.2, 0.25) is 6.79 Å². The Morgan fingerprint density at radius 2 is 1.93 bits per heavy atom. The minimum absolute atomic E-state index is 0.239. The molecule has 0 amide bonds. The molecular weight excluding hydrogens is 354 g/mol. The van der Waals surface area contributed by atoms with Crippen molar-refractivity contribution in [3.8, 4) is 45.7 Å². The molecule has 0 saturated heterocycles. The second kappa shape index (κ2) is 6.17. The maximum absolute atomic E-state index is 9.80. The molecule has 1 aromatic heterocycles. The monoisotopic (exact) mass is 372 g/mol. The Kier molecular flexibility index (Phi) is 3.63. The Bertz CT molecular complexity index is 1160. The van der Waals surface area contributed by atoms with Crippen LogP contribution in [-0.2, 0) is 13.0 Å². The standard InChI is InChI=1S/C22H17N3O3/c1-26-15-4-2-3-13(7-15)16-9-19-17-10-21-20(27-12-28-21)8-14(17)5-6-25(19)22(24)18(16)11-23/h2-4,7-10,24H,5-6,12H2,1H3/p+1. The number of benzene rings is 2. The van der Waals surface area contributed by atoms with E-state index in [0.717, 1.165) is 46.1 Å². The minimum atomic E-state index is 0.239. The summed E-state index contributed by atoms with van der Waals surface area (Å²) in [5.74, 6) is 2.72. The maximum atomic E-state index is 9.80. The number of rotatable bonds is 2. The Labute approximate surface area is 162 Å². The molecule has 0 spiro atoms. The van der Waals surface area contributed by atoms with Crippen molar-refractivity contribution in [1.29, 1.82) is 5.26 Å². The van der Waals surface area contributed by atoms with E-state index in [2.05, 4.69) is 6.07 Å². The van der Waals surface area contributed by atoms with E-state index in [1.165, 1.54) is 5.56 Å². The number of fused-ring (bicyclic) bond motifs is 4. The highest BCUT2D eigenvalue weighted by molar-refractivity contribution is 5.80. The van der Waals surface area contributed by atoms with Crippen molar-refractivity contribution in [3.05, 3.63) is 53.6 Å². The molecule has 2 N–H and O–H groups in total. The van der Waals surface area contributed by atoms with Crippen LogP contribution in [0.15, 0.2) is 42.5 Å². The van der Waals surface area contributed by atoms with Crippen LogP contribution >= 0.6 is 0 Å². The number of aromatic nitrogens is 1. The summed E-state index contributed by atoms with van der Waals surface area (Å²) in [6.07, 6.45) is 0.817. The van der Waals surface area contributed by atoms with Crippen LogP contribution in [0.3, 0.4) is 0 Å². The molecular formula is C22H18N3O3+. The largest absolute Gasteiger partial charge is 0.497 e. The molecule has 2 aliphatic rings. The second-order valence-electron chi connectivity index (χ2n) is 6.81. The van der Waals surface area contributed by atoms with Gasteiger partial charge in [-0.15, -0.1) is 0 Å². The zero-order valence-electron chi connectivity index (χ0n) is 15.4. The van der Waals surface area contributed by atoms with Crippen LogP contribution in [0.4, 0.5) is 5.82 Å². The number of aryl methyl sites for hydroxylation is 1. The van der Waals surface area contributed by atoms with E-state index in [4.69, 9.17) is 19.9 Å². The van der Waals surface area contributed by atoms with Gasteiger partial charge in [0.25, 0.3) is 5.82 Å². The van der Waals surface area contributed by atoms with Gasteiger partial charge in [-0.3, -0.25) is 5.73 Å². The predicted molar refractivity (Wildman–Crippen MR) is 103 cm³/mol. The van der Waals surface area contributed by atoms with Gasteiger partial charge in [0.05, 0.1) is 13.7 Å². The van der Waals surface area contributed by atoms with Crippen LogP contribution in [0, 0.1) is 11.3 Å². The van der Waals surface area contributed by atoms with Crippen LogP contribution in [0.2, 0.25) is 0 Å². The number of hydrogen-bond donors (Lipinski definition) is 1. The quantitative estimate of drug-likeness (QED) is 0.699. The number of nitriles is 1. The van der Waals surface area contributed by atoms with Gasteiger partial charge in [-0.25, -0.2) is 4.57 Å². The SMILES string of the molecule is COc1cccc(-c2cc3[n+](c(N)c2C#N)CCc2cc4c(cc2-3)OCO4)c1. The maximum Gasteiger partial charge on any atom is 0.291 e. The smallest absolute Gasteiger partial charge is 0.291 e. The molecule has 6 nitrogen and oxygen atoms in total. The highest BCUT2D eigenvalue weighted by Crippen LogP contribution is 2.41. The topological polar surface area (TPSA) is 81.4 Å². The number of anilines is 1. The van der Waals surface area contributed by atoms with Gasteiger partial charge in [0.1, 0.15) is 23.1 Å². The Morgan fingerprint density at radius 1 is 1.11 bits per heavy atom. The van der Waals surface area contributed by atoms with Gasteiger partial charge in [0, 0.05) is 17.5 Å². The van der Waals surface area contributed by atoms with E-state index in [1.54, 1.807) is 7.11 Å². The molecule has 138 valence electrons. The molecule has 2 aromatic carbocycles. The van der Waals surface area contributed by atoms with E-state index in [9.17, 15) is 5.26 Å². The highest BCUT2D eigenvalue weighted by atomic mass is 16.7. The fraction of sp³-hybridized carbons (Fsp3) is 0.182. The number of ether oxygens (including phenoxy) is 3. The first-order valence-corrected chi connectivity index (χ1v) is 9.03. The predicted octanol–water partition coefficient (Wildman–Crippen LogP) is 3.06. The van der Waals surface area contributed by atoms with Crippen molar-refractivity contribution >= 4 is 5.82 Å². The lowest BCUT2D eigenvalue weighted by atomic mass is 9.92. The van der Waals surface area contributed by atoms with Gasteiger partial charge in [-0.2, -0.15) is 5.26 Å². The van der Waals surface area contributed by atoms with Gasteiger partial charge in [-0.05, 0) is 41.5 Å². The zero-order chi connectivity index (χ0) is 19.3. The number of methoxy groups -OCH3 is 1. The third-order valence-corrected chi connectivity index (χ3v) is 5.36. The zero-order valence-corrected chi connectivity index (χ0v) is 15.4. The molecule has 5 rings (SSSR count). The van der Waals surface area contributed by atoms with Crippen LogP contribution in [0.1, 0.15) is 11.1 Å². The average molecular weight is 372 g/mol. The van der Waals surface area contributed by atoms with Crippen molar-refractivity contribution in [3.63, 3.8) is 0 Å². The van der Waals surface area contributed by atoms with Crippen molar-refractivity contribution in [2.24, 2.45) is 0 Å². The first kappa shape index (κ1) is 16.5. The number of nitrogen functional groups attached to an aromatic ring is 1. The molecule has 0 aliphatic carbocycles. The molecule has 0 fully saturated rings. The van der Waals surface area contributed by atoms with Crippen molar-refractivity contribution < 1.29 is 18.8 Å². The van der Waals surface area contributed by atoms with Gasteiger partial charge >= 0.3 is 0 Å². The first-order chi connectivity index (χ1) is 13.7. The minimum Gasteiger partial charge on any atom is -0.497 e. The molecule has 28 heavy (non-hydrogen) atoms. The summed E-state index contributed by atoms with van der Waals surface area (Å²) in [6, 6.07) is 16.0. The van der Waals surface area contributed by atoms with E-state index in [-0.39, 0.29) is 6.79 Å². The van der Waals surface area contributed by atoms with Crippen LogP contribution in [-0.4, -0.2) is 13.9 Å². The summed E-state index contributed by atoms with van der Waals surface area (Å²) in [4.78, 5) is 0. The Hall–Kier alpha value is -3.72. The molecule has 0 saturated carbocycles. The third-order valence-electron chi connectivity index (χ3n) is 5.36. The van der Waals surface area contributed by atoms with E-state index in [1.807, 2.05) is 47.0 Å². The molecule has 0 unspecified atom stereocenters. The Morgan fingerprint density at radius 3 is 2.71 bits per heavy atom. The summed E-state index contributed by atoms with van der Waals surface area (Å²) in [5.41, 5.74) is 11.8. The van der Waals surface area contributed by atoms with Crippen molar-refractivity contribution in [1.82, 2.24) is 0 Å². The highest BCUT2D eigenvalue weighted by Gasteiger charge is 2.29. The fourth-order valence-electron chi connectivity index (χ4n) is 3.95. The van der Waals surface area contributed by atoms with Crippen molar-refractivity contribution in [2.45, 2.75) is 13.0 Å². The number of nitrogens with two attached hydrogens (primary N) is 1. The van der Waals surface area contributed by atoms with E-state index in [0.29, 0.717) is 17.9 Å². The number of hydrogen-bond acceptors (Lipinski definition) is 5. The second-order valence-corrected chi connectivity index (χ2v) is 6.81. The van der Waals surface area contributed by atoms with Crippen LogP contribution in [0.5, 0.6) is 17.2 Å².